The van der Waals surface area contributed by atoms with Gasteiger partial charge in [0.15, 0.2) is 4.83 Å². The van der Waals surface area contributed by atoms with Crippen molar-refractivity contribution in [1.29, 1.82) is 0 Å². The molecule has 0 aromatic rings. The van der Waals surface area contributed by atoms with E-state index in [2.05, 4.69) is 24.2 Å². The van der Waals surface area contributed by atoms with Crippen LogP contribution in [0.1, 0.15) is 78.1 Å². The maximum Gasteiger partial charge on any atom is 0.155 e. The van der Waals surface area contributed by atoms with E-state index in [1.165, 1.54) is 69.9 Å². The minimum absolute atomic E-state index is 0.138. The van der Waals surface area contributed by atoms with Gasteiger partial charge in [-0.15, -0.1) is 0 Å². The maximum atomic E-state index is 6.23. The zero-order valence-corrected chi connectivity index (χ0v) is 14.2. The number of nitrogens with zero attached hydrogens (tertiary/aromatic N) is 1. The van der Waals surface area contributed by atoms with Gasteiger partial charge in [0.1, 0.15) is 0 Å². The minimum atomic E-state index is 0.138. The Bertz CT molecular complexity index is 255. The van der Waals surface area contributed by atoms with Crippen molar-refractivity contribution in [3.8, 4) is 0 Å². The zero-order valence-electron chi connectivity index (χ0n) is 12.7. The summed E-state index contributed by atoms with van der Waals surface area (Å²) >= 11 is 7.96. The summed E-state index contributed by atoms with van der Waals surface area (Å²) in [4.78, 5) is 2.45. The molecule has 0 radical (unpaired) electrons. The van der Waals surface area contributed by atoms with Gasteiger partial charge in [-0.1, -0.05) is 88.1 Å². The summed E-state index contributed by atoms with van der Waals surface area (Å²) < 4.78 is 0. The smallest absolute Gasteiger partial charge is 0.155 e. The van der Waals surface area contributed by atoms with Crippen LogP contribution >= 0.6 is 23.4 Å². The molecule has 1 heterocycles. The summed E-state index contributed by atoms with van der Waals surface area (Å²) in [6, 6.07) is 0. The lowest BCUT2D eigenvalue weighted by atomic mass is 10.1. The van der Waals surface area contributed by atoms with Gasteiger partial charge in [-0.25, -0.2) is 0 Å². The predicted octanol–water partition coefficient (Wildman–Crippen LogP) is 6.34. The molecular formula is C16H30ClNS. The third-order valence-corrected chi connectivity index (χ3v) is 5.30. The Kier molecular flexibility index (Phi) is 9.89. The van der Waals surface area contributed by atoms with Gasteiger partial charge in [-0.2, -0.15) is 0 Å². The molecule has 1 atom stereocenters. The topological polar surface area (TPSA) is 3.24 Å². The molecule has 0 bridgehead atoms. The van der Waals surface area contributed by atoms with Crippen LogP contribution in [-0.2, 0) is 0 Å². The Morgan fingerprint density at radius 2 is 1.53 bits per heavy atom. The molecule has 1 aliphatic rings. The zero-order chi connectivity index (χ0) is 13.9. The molecule has 1 unspecified atom stereocenters. The summed E-state index contributed by atoms with van der Waals surface area (Å²) in [5.41, 5.74) is 1.33. The Labute approximate surface area is 129 Å². The molecule has 0 amide bonds. The molecule has 1 nitrogen and oxygen atoms in total. The summed E-state index contributed by atoms with van der Waals surface area (Å²) in [5, 5.41) is 2.17. The van der Waals surface area contributed by atoms with E-state index < -0.39 is 0 Å². The Morgan fingerprint density at radius 3 is 2.00 bits per heavy atom. The molecule has 0 saturated carbocycles. The van der Waals surface area contributed by atoms with Gasteiger partial charge in [0.25, 0.3) is 0 Å². The van der Waals surface area contributed by atoms with Gasteiger partial charge in [0.2, 0.25) is 0 Å². The van der Waals surface area contributed by atoms with Crippen molar-refractivity contribution in [3.05, 3.63) is 11.1 Å². The van der Waals surface area contributed by atoms with Crippen molar-refractivity contribution in [1.82, 2.24) is 4.90 Å². The molecule has 3 heteroatoms. The van der Waals surface area contributed by atoms with Crippen LogP contribution in [0.4, 0.5) is 0 Å². The van der Waals surface area contributed by atoms with Crippen LogP contribution in [0.3, 0.4) is 0 Å². The third-order valence-electron chi connectivity index (χ3n) is 3.80. The summed E-state index contributed by atoms with van der Waals surface area (Å²) in [6.07, 6.45) is 14.0. The van der Waals surface area contributed by atoms with Crippen molar-refractivity contribution >= 4 is 23.4 Å². The van der Waals surface area contributed by atoms with Crippen LogP contribution in [0, 0.1) is 0 Å². The number of alkyl halides is 1. The first kappa shape index (κ1) is 17.2. The van der Waals surface area contributed by atoms with E-state index >= 15 is 0 Å². The lowest BCUT2D eigenvalue weighted by molar-refractivity contribution is 0.370. The van der Waals surface area contributed by atoms with E-state index in [0.29, 0.717) is 0 Å². The lowest BCUT2D eigenvalue weighted by Crippen LogP contribution is -2.24. The quantitative estimate of drug-likeness (QED) is 0.249. The van der Waals surface area contributed by atoms with E-state index in [9.17, 15) is 0 Å². The van der Waals surface area contributed by atoms with Crippen LogP contribution in [0.15, 0.2) is 11.1 Å². The standard InChI is InChI=1S/C16H30ClNS/c1-3-4-5-6-7-8-9-10-11-12-13-18-15(2)14-19-16(18)17/h14,16H,3-13H2,1-2H3. The Morgan fingerprint density at radius 1 is 1.00 bits per heavy atom. The van der Waals surface area contributed by atoms with Crippen molar-refractivity contribution in [3.63, 3.8) is 0 Å². The molecule has 0 aliphatic carbocycles. The number of unbranched alkanes of at least 4 members (excludes halogenated alkanes) is 9. The number of halogens is 1. The number of rotatable bonds is 11. The van der Waals surface area contributed by atoms with E-state index in [-0.39, 0.29) is 4.83 Å². The molecule has 1 rings (SSSR count). The summed E-state index contributed by atoms with van der Waals surface area (Å²) in [5.74, 6) is 0. The van der Waals surface area contributed by atoms with Crippen molar-refractivity contribution in [2.45, 2.75) is 82.9 Å². The summed E-state index contributed by atoms with van der Waals surface area (Å²) in [7, 11) is 0. The van der Waals surface area contributed by atoms with Crippen molar-refractivity contribution in [2.24, 2.45) is 0 Å². The highest BCUT2D eigenvalue weighted by molar-refractivity contribution is 8.04. The van der Waals surface area contributed by atoms with Crippen molar-refractivity contribution < 1.29 is 0 Å². The van der Waals surface area contributed by atoms with Gasteiger partial charge in [0, 0.05) is 12.2 Å². The van der Waals surface area contributed by atoms with Gasteiger partial charge in [0.05, 0.1) is 0 Å². The van der Waals surface area contributed by atoms with Gasteiger partial charge in [-0.05, 0) is 18.8 Å². The highest BCUT2D eigenvalue weighted by Crippen LogP contribution is 2.33. The average molecular weight is 304 g/mol. The second-order valence-electron chi connectivity index (χ2n) is 5.56. The van der Waals surface area contributed by atoms with Crippen molar-refractivity contribution in [2.75, 3.05) is 6.54 Å². The Balaban J connectivity index is 1.85. The van der Waals surface area contributed by atoms with E-state index in [1.54, 1.807) is 11.8 Å². The molecule has 0 saturated heterocycles. The van der Waals surface area contributed by atoms with Crippen LogP contribution in [0.2, 0.25) is 0 Å². The van der Waals surface area contributed by atoms with Crippen LogP contribution in [0.25, 0.3) is 0 Å². The SMILES string of the molecule is CCCCCCCCCCCCN1C(C)=CSC1Cl. The largest absolute Gasteiger partial charge is 0.350 e. The molecular weight excluding hydrogens is 274 g/mol. The van der Waals surface area contributed by atoms with Gasteiger partial charge < -0.3 is 4.90 Å². The number of hydrogen-bond donors (Lipinski definition) is 0. The molecule has 1 aliphatic heterocycles. The third kappa shape index (κ3) is 7.51. The first-order valence-electron chi connectivity index (χ1n) is 7.98. The highest BCUT2D eigenvalue weighted by atomic mass is 35.5. The van der Waals surface area contributed by atoms with Crippen LogP contribution < -0.4 is 0 Å². The predicted molar refractivity (Wildman–Crippen MR) is 89.5 cm³/mol. The van der Waals surface area contributed by atoms with E-state index in [1.807, 2.05) is 0 Å². The second kappa shape index (κ2) is 10.9. The first-order chi connectivity index (χ1) is 9.25. The van der Waals surface area contributed by atoms with Gasteiger partial charge in [-0.3, -0.25) is 0 Å². The van der Waals surface area contributed by atoms with E-state index in [4.69, 9.17) is 11.6 Å². The molecule has 0 N–H and O–H groups in total. The Hall–Kier alpha value is 0.180. The fraction of sp³-hybridized carbons (Fsp3) is 0.875. The fourth-order valence-electron chi connectivity index (χ4n) is 2.50. The van der Waals surface area contributed by atoms with Crippen LogP contribution in [0.5, 0.6) is 0 Å². The van der Waals surface area contributed by atoms with Gasteiger partial charge >= 0.3 is 0 Å². The lowest BCUT2D eigenvalue weighted by Gasteiger charge is -2.23. The molecule has 0 spiro atoms. The minimum Gasteiger partial charge on any atom is -0.350 e. The number of thioether (sulfide) groups is 1. The normalized spacial score (nSPS) is 19.0. The monoisotopic (exact) mass is 303 g/mol. The second-order valence-corrected chi connectivity index (χ2v) is 7.19. The molecule has 0 fully saturated rings. The first-order valence-corrected chi connectivity index (χ1v) is 9.36. The average Bonchev–Trinajstić information content (AvgIpc) is 2.72. The molecule has 112 valence electrons. The maximum absolute atomic E-state index is 6.23. The molecule has 19 heavy (non-hydrogen) atoms. The molecule has 0 aromatic carbocycles. The highest BCUT2D eigenvalue weighted by Gasteiger charge is 2.20. The van der Waals surface area contributed by atoms with E-state index in [0.717, 1.165) is 6.54 Å². The number of hydrogen-bond acceptors (Lipinski definition) is 2. The fourth-order valence-corrected chi connectivity index (χ4v) is 3.77. The summed E-state index contributed by atoms with van der Waals surface area (Å²) in [6.45, 7) is 5.56. The number of allylic oxidation sites excluding steroid dienone is 1. The van der Waals surface area contributed by atoms with Crippen LogP contribution in [-0.4, -0.2) is 16.3 Å². The molecule has 0 aromatic heterocycles.